The smallest absolute Gasteiger partial charge is 0.142 e. The zero-order valence-corrected chi connectivity index (χ0v) is 11.4. The van der Waals surface area contributed by atoms with Gasteiger partial charge in [-0.3, -0.25) is 0 Å². The molecule has 90 valence electrons. The lowest BCUT2D eigenvalue weighted by Crippen LogP contribution is -2.16. The number of alkyl halides is 1. The molecule has 0 N–H and O–H groups in total. The Balaban J connectivity index is 2.85. The van der Waals surface area contributed by atoms with Crippen molar-refractivity contribution in [3.8, 4) is 5.75 Å². The average molecular weight is 284 g/mol. The number of hydrogen-bond acceptors (Lipinski definition) is 2. The van der Waals surface area contributed by atoms with Gasteiger partial charge in [0.05, 0.1) is 17.0 Å². The van der Waals surface area contributed by atoms with E-state index in [0.717, 1.165) is 5.56 Å². The van der Waals surface area contributed by atoms with E-state index in [9.17, 15) is 0 Å². The van der Waals surface area contributed by atoms with Crippen LogP contribution in [-0.2, 0) is 10.6 Å². The molecule has 1 aromatic rings. The predicted octanol–water partition coefficient (Wildman–Crippen LogP) is 4.15. The molecule has 0 fully saturated rings. The van der Waals surface area contributed by atoms with Crippen LogP contribution in [0.15, 0.2) is 12.1 Å². The Hall–Kier alpha value is -0.150. The summed E-state index contributed by atoms with van der Waals surface area (Å²) >= 11 is 17.7. The van der Waals surface area contributed by atoms with E-state index >= 15 is 0 Å². The maximum Gasteiger partial charge on any atom is 0.142 e. The highest BCUT2D eigenvalue weighted by molar-refractivity contribution is 6.35. The number of ether oxygens (including phenoxy) is 2. The highest BCUT2D eigenvalue weighted by atomic mass is 35.5. The minimum absolute atomic E-state index is 0.00470. The molecule has 0 aliphatic rings. The van der Waals surface area contributed by atoms with Crippen molar-refractivity contribution in [2.75, 3.05) is 13.7 Å². The summed E-state index contributed by atoms with van der Waals surface area (Å²) in [5.41, 5.74) is 0.780. The zero-order chi connectivity index (χ0) is 12.1. The standard InChI is InChI=1S/C11H13Cl3O2/c1-7(15-2)6-16-11-8(5-12)3-9(13)4-10(11)14/h3-4,7H,5-6H2,1-2H3. The van der Waals surface area contributed by atoms with Crippen molar-refractivity contribution in [2.45, 2.75) is 18.9 Å². The van der Waals surface area contributed by atoms with Gasteiger partial charge in [0.15, 0.2) is 0 Å². The van der Waals surface area contributed by atoms with Gasteiger partial charge in [-0.15, -0.1) is 11.6 Å². The van der Waals surface area contributed by atoms with Crippen molar-refractivity contribution in [2.24, 2.45) is 0 Å². The molecule has 5 heteroatoms. The lowest BCUT2D eigenvalue weighted by Gasteiger charge is -2.15. The molecule has 0 heterocycles. The molecule has 1 aromatic carbocycles. The van der Waals surface area contributed by atoms with E-state index in [0.29, 0.717) is 28.3 Å². The maximum atomic E-state index is 6.03. The fourth-order valence-corrected chi connectivity index (χ4v) is 1.93. The Morgan fingerprint density at radius 2 is 2.00 bits per heavy atom. The largest absolute Gasteiger partial charge is 0.489 e. The average Bonchev–Trinajstić information content (AvgIpc) is 2.26. The molecule has 0 radical (unpaired) electrons. The summed E-state index contributed by atoms with van der Waals surface area (Å²) in [5, 5.41) is 1.01. The lowest BCUT2D eigenvalue weighted by molar-refractivity contribution is 0.0714. The minimum Gasteiger partial charge on any atom is -0.489 e. The summed E-state index contributed by atoms with van der Waals surface area (Å²) < 4.78 is 10.6. The van der Waals surface area contributed by atoms with E-state index in [1.54, 1.807) is 19.2 Å². The number of benzene rings is 1. The first-order valence-electron chi connectivity index (χ1n) is 4.78. The van der Waals surface area contributed by atoms with Crippen LogP contribution < -0.4 is 4.74 Å². The van der Waals surface area contributed by atoms with Crippen LogP contribution in [0.3, 0.4) is 0 Å². The normalized spacial score (nSPS) is 12.6. The molecule has 0 saturated carbocycles. The third-order valence-electron chi connectivity index (χ3n) is 2.09. The van der Waals surface area contributed by atoms with Crippen molar-refractivity contribution in [3.63, 3.8) is 0 Å². The number of hydrogen-bond donors (Lipinski definition) is 0. The van der Waals surface area contributed by atoms with E-state index in [-0.39, 0.29) is 6.10 Å². The molecule has 1 rings (SSSR count). The van der Waals surface area contributed by atoms with Crippen molar-refractivity contribution in [3.05, 3.63) is 27.7 Å². The first-order valence-corrected chi connectivity index (χ1v) is 6.07. The highest BCUT2D eigenvalue weighted by Gasteiger charge is 2.11. The third kappa shape index (κ3) is 3.70. The Kier molecular flexibility index (Phi) is 5.70. The van der Waals surface area contributed by atoms with E-state index in [2.05, 4.69) is 0 Å². The Morgan fingerprint density at radius 1 is 1.31 bits per heavy atom. The molecular weight excluding hydrogens is 270 g/mol. The van der Waals surface area contributed by atoms with Gasteiger partial charge < -0.3 is 9.47 Å². The minimum atomic E-state index is -0.00470. The van der Waals surface area contributed by atoms with Crippen LogP contribution in [0.1, 0.15) is 12.5 Å². The van der Waals surface area contributed by atoms with E-state index in [1.165, 1.54) is 0 Å². The molecule has 16 heavy (non-hydrogen) atoms. The number of halogens is 3. The molecule has 1 atom stereocenters. The fraction of sp³-hybridized carbons (Fsp3) is 0.455. The molecule has 0 aliphatic carbocycles. The molecule has 0 spiro atoms. The summed E-state index contributed by atoms with van der Waals surface area (Å²) in [6.07, 6.45) is -0.00470. The van der Waals surface area contributed by atoms with Crippen molar-refractivity contribution >= 4 is 34.8 Å². The topological polar surface area (TPSA) is 18.5 Å². The lowest BCUT2D eigenvalue weighted by atomic mass is 10.2. The Bertz CT molecular complexity index is 355. The van der Waals surface area contributed by atoms with Gasteiger partial charge in [-0.1, -0.05) is 23.2 Å². The Labute approximate surface area is 110 Å². The molecule has 0 amide bonds. The summed E-state index contributed by atoms with van der Waals surface area (Å²) in [6, 6.07) is 3.37. The van der Waals surface area contributed by atoms with Gasteiger partial charge in [-0.05, 0) is 19.1 Å². The molecule has 0 aliphatic heterocycles. The summed E-state index contributed by atoms with van der Waals surface area (Å²) in [6.45, 7) is 2.33. The van der Waals surface area contributed by atoms with Gasteiger partial charge in [0.2, 0.25) is 0 Å². The molecular formula is C11H13Cl3O2. The van der Waals surface area contributed by atoms with Crippen LogP contribution in [0.2, 0.25) is 10.0 Å². The van der Waals surface area contributed by atoms with Crippen LogP contribution in [-0.4, -0.2) is 19.8 Å². The first-order chi connectivity index (χ1) is 7.58. The summed E-state index contributed by atoms with van der Waals surface area (Å²) in [5.74, 6) is 0.877. The van der Waals surface area contributed by atoms with Gasteiger partial charge in [0.25, 0.3) is 0 Å². The third-order valence-corrected chi connectivity index (χ3v) is 2.88. The van der Waals surface area contributed by atoms with Crippen molar-refractivity contribution in [1.29, 1.82) is 0 Å². The van der Waals surface area contributed by atoms with Crippen molar-refractivity contribution in [1.82, 2.24) is 0 Å². The predicted molar refractivity (Wildman–Crippen MR) is 68.0 cm³/mol. The maximum absolute atomic E-state index is 6.03. The monoisotopic (exact) mass is 282 g/mol. The number of rotatable bonds is 5. The second-order valence-electron chi connectivity index (χ2n) is 3.37. The second kappa shape index (κ2) is 6.55. The molecule has 0 saturated heterocycles. The van der Waals surface area contributed by atoms with Gasteiger partial charge in [-0.2, -0.15) is 0 Å². The molecule has 2 nitrogen and oxygen atoms in total. The van der Waals surface area contributed by atoms with Crippen LogP contribution in [0.25, 0.3) is 0 Å². The van der Waals surface area contributed by atoms with Crippen LogP contribution in [0.5, 0.6) is 5.75 Å². The number of methoxy groups -OCH3 is 1. The fourth-order valence-electron chi connectivity index (χ4n) is 1.14. The van der Waals surface area contributed by atoms with Gasteiger partial charge >= 0.3 is 0 Å². The summed E-state index contributed by atoms with van der Waals surface area (Å²) in [7, 11) is 1.62. The van der Waals surface area contributed by atoms with E-state index < -0.39 is 0 Å². The van der Waals surface area contributed by atoms with Crippen LogP contribution in [0, 0.1) is 0 Å². The molecule has 0 aromatic heterocycles. The van der Waals surface area contributed by atoms with Gasteiger partial charge in [0.1, 0.15) is 12.4 Å². The molecule has 1 unspecified atom stereocenters. The first kappa shape index (κ1) is 13.9. The van der Waals surface area contributed by atoms with Crippen molar-refractivity contribution < 1.29 is 9.47 Å². The SMILES string of the molecule is COC(C)COc1c(Cl)cc(Cl)cc1CCl. The van der Waals surface area contributed by atoms with E-state index in [4.69, 9.17) is 44.3 Å². The molecule has 0 bridgehead atoms. The quantitative estimate of drug-likeness (QED) is 0.756. The van der Waals surface area contributed by atoms with Crippen LogP contribution >= 0.6 is 34.8 Å². The zero-order valence-electron chi connectivity index (χ0n) is 9.10. The van der Waals surface area contributed by atoms with E-state index in [1.807, 2.05) is 6.92 Å². The highest BCUT2D eigenvalue weighted by Crippen LogP contribution is 2.33. The van der Waals surface area contributed by atoms with Gasteiger partial charge in [-0.25, -0.2) is 0 Å². The Morgan fingerprint density at radius 3 is 2.56 bits per heavy atom. The van der Waals surface area contributed by atoms with Gasteiger partial charge in [0, 0.05) is 17.7 Å². The second-order valence-corrected chi connectivity index (χ2v) is 4.48. The van der Waals surface area contributed by atoms with Crippen LogP contribution in [0.4, 0.5) is 0 Å². The summed E-state index contributed by atoms with van der Waals surface area (Å²) in [4.78, 5) is 0.